The van der Waals surface area contributed by atoms with Gasteiger partial charge in [0.15, 0.2) is 0 Å². The number of rotatable bonds is 8. The Bertz CT molecular complexity index is 790. The fourth-order valence-corrected chi connectivity index (χ4v) is 5.63. The van der Waals surface area contributed by atoms with Crippen LogP contribution in [0, 0.1) is 12.8 Å². The molecule has 1 heterocycles. The maximum absolute atomic E-state index is 12.7. The molecule has 0 aromatic heterocycles. The first kappa shape index (κ1) is 23.2. The van der Waals surface area contributed by atoms with Crippen LogP contribution in [0.2, 0.25) is 0 Å². The molecule has 0 radical (unpaired) electrons. The normalized spacial score (nSPS) is 25.7. The van der Waals surface area contributed by atoms with Gasteiger partial charge in [-0.25, -0.2) is 13.1 Å². The second-order valence-electron chi connectivity index (χ2n) is 8.51. The second-order valence-corrected chi connectivity index (χ2v) is 10.2. The van der Waals surface area contributed by atoms with E-state index in [0.29, 0.717) is 25.8 Å². The minimum absolute atomic E-state index is 0.103. The van der Waals surface area contributed by atoms with E-state index in [-0.39, 0.29) is 29.4 Å². The number of carbonyl (C=O) groups excluding carboxylic acids is 1. The maximum atomic E-state index is 12.7. The number of benzene rings is 1. The molecule has 2 fully saturated rings. The van der Waals surface area contributed by atoms with Crippen molar-refractivity contribution in [1.82, 2.24) is 10.0 Å². The number of hydrogen-bond acceptors (Lipinski definition) is 5. The Balaban J connectivity index is 1.47. The van der Waals surface area contributed by atoms with Gasteiger partial charge in [-0.2, -0.15) is 0 Å². The molecule has 3 atom stereocenters. The van der Waals surface area contributed by atoms with Crippen LogP contribution in [-0.4, -0.2) is 50.8 Å². The predicted octanol–water partition coefficient (Wildman–Crippen LogP) is 2.27. The van der Waals surface area contributed by atoms with Crippen LogP contribution in [0.4, 0.5) is 0 Å². The highest BCUT2D eigenvalue weighted by Gasteiger charge is 2.34. The van der Waals surface area contributed by atoms with E-state index in [1.807, 2.05) is 6.92 Å². The van der Waals surface area contributed by atoms with Crippen molar-refractivity contribution < 1.29 is 23.1 Å². The Kier molecular flexibility index (Phi) is 8.27. The fraction of sp³-hybridized carbons (Fsp3) is 0.682. The lowest BCUT2D eigenvalue weighted by Gasteiger charge is -2.36. The highest BCUT2D eigenvalue weighted by atomic mass is 32.2. The number of sulfonamides is 1. The first-order chi connectivity index (χ1) is 14.4. The molecule has 1 aliphatic carbocycles. The quantitative estimate of drug-likeness (QED) is 0.578. The number of aryl methyl sites for hydroxylation is 1. The summed E-state index contributed by atoms with van der Waals surface area (Å²) >= 11 is 0. The van der Waals surface area contributed by atoms with Crippen LogP contribution in [0.25, 0.3) is 0 Å². The van der Waals surface area contributed by atoms with Gasteiger partial charge in [0.05, 0.1) is 29.8 Å². The number of aliphatic hydroxyl groups is 1. The van der Waals surface area contributed by atoms with Gasteiger partial charge in [0.1, 0.15) is 0 Å². The number of carbonyl (C=O) groups is 1. The monoisotopic (exact) mass is 438 g/mol. The molecule has 2 aliphatic rings. The van der Waals surface area contributed by atoms with E-state index in [4.69, 9.17) is 4.74 Å². The van der Waals surface area contributed by atoms with Crippen molar-refractivity contribution in [3.8, 4) is 0 Å². The number of amides is 1. The van der Waals surface area contributed by atoms with Gasteiger partial charge in [0.25, 0.3) is 0 Å². The van der Waals surface area contributed by atoms with E-state index in [1.165, 1.54) is 6.42 Å². The van der Waals surface area contributed by atoms with Crippen LogP contribution in [0.3, 0.4) is 0 Å². The minimum atomic E-state index is -3.68. The number of ether oxygens (including phenoxy) is 1. The van der Waals surface area contributed by atoms with Crippen LogP contribution in [0.5, 0.6) is 0 Å². The van der Waals surface area contributed by atoms with Gasteiger partial charge < -0.3 is 15.2 Å². The fourth-order valence-electron chi connectivity index (χ4n) is 4.33. The van der Waals surface area contributed by atoms with Crippen LogP contribution < -0.4 is 10.0 Å². The van der Waals surface area contributed by atoms with Gasteiger partial charge in [-0.15, -0.1) is 0 Å². The molecule has 1 aromatic carbocycles. The van der Waals surface area contributed by atoms with Gasteiger partial charge in [-0.05, 0) is 51.2 Å². The summed E-state index contributed by atoms with van der Waals surface area (Å²) in [6.45, 7) is 2.18. The lowest BCUT2D eigenvalue weighted by Crippen LogP contribution is -2.51. The summed E-state index contributed by atoms with van der Waals surface area (Å²) in [5.41, 5.74) is 0.988. The third-order valence-electron chi connectivity index (χ3n) is 6.17. The third kappa shape index (κ3) is 6.26. The smallest absolute Gasteiger partial charge is 0.240 e. The summed E-state index contributed by atoms with van der Waals surface area (Å²) in [4.78, 5) is 12.5. The number of hydrogen-bond donors (Lipinski definition) is 3. The lowest BCUT2D eigenvalue weighted by molar-refractivity contribution is -0.126. The van der Waals surface area contributed by atoms with Crippen molar-refractivity contribution in [3.05, 3.63) is 29.8 Å². The van der Waals surface area contributed by atoms with Crippen molar-refractivity contribution in [2.45, 2.75) is 81.4 Å². The van der Waals surface area contributed by atoms with Crippen molar-refractivity contribution in [1.29, 1.82) is 0 Å². The molecular weight excluding hydrogens is 404 g/mol. The molecule has 8 heteroatoms. The summed E-state index contributed by atoms with van der Waals surface area (Å²) < 4.78 is 33.9. The summed E-state index contributed by atoms with van der Waals surface area (Å²) in [5.74, 6) is 0.268. The molecule has 3 rings (SSSR count). The molecule has 1 aliphatic heterocycles. The summed E-state index contributed by atoms with van der Waals surface area (Å²) in [6.07, 6.45) is 6.64. The van der Waals surface area contributed by atoms with Gasteiger partial charge in [0.2, 0.25) is 15.9 Å². The van der Waals surface area contributed by atoms with Crippen LogP contribution in [0.1, 0.15) is 56.9 Å². The van der Waals surface area contributed by atoms with E-state index >= 15 is 0 Å². The zero-order valence-corrected chi connectivity index (χ0v) is 18.5. The van der Waals surface area contributed by atoms with Crippen LogP contribution in [0.15, 0.2) is 29.2 Å². The minimum Gasteiger partial charge on any atom is -0.394 e. The Labute approximate surface area is 179 Å². The predicted molar refractivity (Wildman–Crippen MR) is 114 cm³/mol. The van der Waals surface area contributed by atoms with Gasteiger partial charge in [-0.1, -0.05) is 37.0 Å². The van der Waals surface area contributed by atoms with Crippen LogP contribution >= 0.6 is 0 Å². The highest BCUT2D eigenvalue weighted by molar-refractivity contribution is 7.89. The topological polar surface area (TPSA) is 105 Å². The Morgan fingerprint density at radius 2 is 1.80 bits per heavy atom. The molecule has 1 saturated heterocycles. The van der Waals surface area contributed by atoms with Crippen molar-refractivity contribution in [2.75, 3.05) is 13.2 Å². The SMILES string of the molecule is Cc1ccc(S(=O)(=O)N[C@@H]2CC[C@H](CCNC(=O)C3CCCCC3)O[C@@H]2CO)cc1. The van der Waals surface area contributed by atoms with Gasteiger partial charge in [0, 0.05) is 12.5 Å². The first-order valence-corrected chi connectivity index (χ1v) is 12.5. The van der Waals surface area contributed by atoms with Crippen molar-refractivity contribution in [2.24, 2.45) is 5.92 Å². The summed E-state index contributed by atoms with van der Waals surface area (Å²) in [5, 5.41) is 12.8. The zero-order chi connectivity index (χ0) is 21.6. The summed E-state index contributed by atoms with van der Waals surface area (Å²) in [6, 6.07) is 6.19. The third-order valence-corrected chi connectivity index (χ3v) is 7.68. The first-order valence-electron chi connectivity index (χ1n) is 11.0. The standard InChI is InChI=1S/C22H34N2O5S/c1-16-7-10-19(11-8-16)30(27,28)24-20-12-9-18(29-21(20)15-25)13-14-23-22(26)17-5-3-2-4-6-17/h7-8,10-11,17-18,20-21,24-25H,2-6,9,12-15H2,1H3,(H,23,26)/t18-,20-,21-/m1/s1. The Morgan fingerprint density at radius 3 is 2.47 bits per heavy atom. The second kappa shape index (κ2) is 10.7. The Hall–Kier alpha value is -1.48. The van der Waals surface area contributed by atoms with E-state index in [0.717, 1.165) is 31.2 Å². The van der Waals surface area contributed by atoms with E-state index in [9.17, 15) is 18.3 Å². The number of aliphatic hydroxyl groups excluding tert-OH is 1. The number of nitrogens with one attached hydrogen (secondary N) is 2. The molecule has 0 bridgehead atoms. The molecule has 7 nitrogen and oxygen atoms in total. The molecule has 0 unspecified atom stereocenters. The average Bonchev–Trinajstić information content (AvgIpc) is 2.75. The molecule has 30 heavy (non-hydrogen) atoms. The van der Waals surface area contributed by atoms with Crippen LogP contribution in [-0.2, 0) is 19.6 Å². The lowest BCUT2D eigenvalue weighted by atomic mass is 9.88. The molecule has 1 amide bonds. The van der Waals surface area contributed by atoms with Gasteiger partial charge >= 0.3 is 0 Å². The molecular formula is C22H34N2O5S. The average molecular weight is 439 g/mol. The van der Waals surface area contributed by atoms with Gasteiger partial charge in [-0.3, -0.25) is 4.79 Å². The largest absolute Gasteiger partial charge is 0.394 e. The highest BCUT2D eigenvalue weighted by Crippen LogP contribution is 2.25. The van der Waals surface area contributed by atoms with Crippen molar-refractivity contribution >= 4 is 15.9 Å². The molecule has 1 saturated carbocycles. The Morgan fingerprint density at radius 1 is 1.10 bits per heavy atom. The van der Waals surface area contributed by atoms with E-state index in [1.54, 1.807) is 24.3 Å². The molecule has 1 aromatic rings. The molecule has 168 valence electrons. The van der Waals surface area contributed by atoms with Crippen molar-refractivity contribution in [3.63, 3.8) is 0 Å². The summed E-state index contributed by atoms with van der Waals surface area (Å²) in [7, 11) is -3.68. The molecule has 0 spiro atoms. The van der Waals surface area contributed by atoms with E-state index < -0.39 is 22.2 Å². The maximum Gasteiger partial charge on any atom is 0.240 e. The molecule has 3 N–H and O–H groups in total. The zero-order valence-electron chi connectivity index (χ0n) is 17.7. The van der Waals surface area contributed by atoms with E-state index in [2.05, 4.69) is 10.0 Å².